The van der Waals surface area contributed by atoms with Crippen LogP contribution in [0.3, 0.4) is 0 Å². The van der Waals surface area contributed by atoms with Crippen molar-refractivity contribution < 1.29 is 4.74 Å². The van der Waals surface area contributed by atoms with Crippen LogP contribution in [0.5, 0.6) is 5.75 Å². The molecule has 1 saturated heterocycles. The van der Waals surface area contributed by atoms with Gasteiger partial charge in [-0.25, -0.2) is 9.97 Å². The van der Waals surface area contributed by atoms with E-state index in [0.29, 0.717) is 5.82 Å². The summed E-state index contributed by atoms with van der Waals surface area (Å²) in [6.45, 7) is 4.03. The van der Waals surface area contributed by atoms with Crippen LogP contribution in [0, 0.1) is 6.92 Å². The summed E-state index contributed by atoms with van der Waals surface area (Å²) in [4.78, 5) is 11.3. The Bertz CT molecular complexity index is 693. The molecule has 0 spiro atoms. The van der Waals surface area contributed by atoms with Crippen molar-refractivity contribution in [2.75, 3.05) is 30.5 Å². The lowest BCUT2D eigenvalue weighted by Gasteiger charge is -2.27. The molecule has 0 aliphatic carbocycles. The number of nitrogens with one attached hydrogen (secondary N) is 1. The fraction of sp³-hybridized carbons (Fsp3) is 0.389. The second-order valence-electron chi connectivity index (χ2n) is 5.85. The van der Waals surface area contributed by atoms with Gasteiger partial charge >= 0.3 is 0 Å². The normalized spacial score (nSPS) is 14.8. The zero-order valence-electron chi connectivity index (χ0n) is 14.2. The van der Waals surface area contributed by atoms with E-state index in [1.807, 2.05) is 37.3 Å². The van der Waals surface area contributed by atoms with E-state index in [1.54, 1.807) is 13.3 Å². The molecule has 1 aromatic heterocycles. The summed E-state index contributed by atoms with van der Waals surface area (Å²) in [6, 6.07) is 9.68. The summed E-state index contributed by atoms with van der Waals surface area (Å²) in [5, 5.41) is 4.27. The standard InChI is InChI=1S/C18H23N5O/c1-14-20-17(12-18(21-14)23-10-4-3-5-11-23)22-19-13-15-6-8-16(24-2)9-7-15/h6-9,12-13H,3-5,10-11H2,1-2H3,(H,20,21,22)/b19-13+. The number of methoxy groups -OCH3 is 1. The lowest BCUT2D eigenvalue weighted by molar-refractivity contribution is 0.415. The first-order chi connectivity index (χ1) is 11.7. The Morgan fingerprint density at radius 1 is 1.12 bits per heavy atom. The van der Waals surface area contributed by atoms with E-state index in [1.165, 1.54) is 19.3 Å². The minimum atomic E-state index is 0.716. The van der Waals surface area contributed by atoms with Gasteiger partial charge < -0.3 is 9.64 Å². The maximum Gasteiger partial charge on any atom is 0.152 e. The highest BCUT2D eigenvalue weighted by Gasteiger charge is 2.13. The molecule has 2 aromatic rings. The van der Waals surface area contributed by atoms with Gasteiger partial charge in [0.25, 0.3) is 0 Å². The van der Waals surface area contributed by atoms with E-state index in [4.69, 9.17) is 4.74 Å². The van der Waals surface area contributed by atoms with E-state index < -0.39 is 0 Å². The third kappa shape index (κ3) is 4.22. The van der Waals surface area contributed by atoms with E-state index in [0.717, 1.165) is 36.0 Å². The van der Waals surface area contributed by atoms with Crippen molar-refractivity contribution in [3.63, 3.8) is 0 Å². The van der Waals surface area contributed by atoms with Gasteiger partial charge in [0, 0.05) is 19.2 Å². The summed E-state index contributed by atoms with van der Waals surface area (Å²) in [5.41, 5.74) is 3.99. The van der Waals surface area contributed by atoms with Crippen molar-refractivity contribution in [1.29, 1.82) is 0 Å². The minimum absolute atomic E-state index is 0.716. The first-order valence-corrected chi connectivity index (χ1v) is 8.28. The lowest BCUT2D eigenvalue weighted by Crippen LogP contribution is -2.30. The Hall–Kier alpha value is -2.63. The molecule has 2 heterocycles. The summed E-state index contributed by atoms with van der Waals surface area (Å²) in [6.07, 6.45) is 5.51. The molecule has 0 unspecified atom stereocenters. The van der Waals surface area contributed by atoms with Crippen molar-refractivity contribution in [2.24, 2.45) is 5.10 Å². The number of aryl methyl sites for hydroxylation is 1. The second-order valence-corrected chi connectivity index (χ2v) is 5.85. The van der Waals surface area contributed by atoms with Gasteiger partial charge in [-0.1, -0.05) is 0 Å². The number of hydrogen-bond acceptors (Lipinski definition) is 6. The summed E-state index contributed by atoms with van der Waals surface area (Å²) in [7, 11) is 1.65. The predicted octanol–water partition coefficient (Wildman–Crippen LogP) is 3.23. The van der Waals surface area contributed by atoms with Crippen LogP contribution < -0.4 is 15.1 Å². The summed E-state index contributed by atoms with van der Waals surface area (Å²) >= 11 is 0. The molecule has 126 valence electrons. The number of anilines is 2. The van der Waals surface area contributed by atoms with Gasteiger partial charge in [-0.05, 0) is 56.0 Å². The molecule has 1 N–H and O–H groups in total. The number of piperidine rings is 1. The van der Waals surface area contributed by atoms with Crippen molar-refractivity contribution in [2.45, 2.75) is 26.2 Å². The summed E-state index contributed by atoms with van der Waals surface area (Å²) in [5.74, 6) is 3.27. The lowest BCUT2D eigenvalue weighted by atomic mass is 10.1. The maximum atomic E-state index is 5.15. The van der Waals surface area contributed by atoms with Gasteiger partial charge in [-0.15, -0.1) is 0 Å². The Morgan fingerprint density at radius 2 is 1.88 bits per heavy atom. The number of hydrogen-bond donors (Lipinski definition) is 1. The molecule has 6 heteroatoms. The fourth-order valence-electron chi connectivity index (χ4n) is 2.76. The molecule has 6 nitrogen and oxygen atoms in total. The molecule has 1 aromatic carbocycles. The highest BCUT2D eigenvalue weighted by Crippen LogP contribution is 2.20. The third-order valence-corrected chi connectivity index (χ3v) is 4.01. The largest absolute Gasteiger partial charge is 0.497 e. The second kappa shape index (κ2) is 7.77. The molecule has 0 saturated carbocycles. The molecular weight excluding hydrogens is 302 g/mol. The Balaban J connectivity index is 1.67. The number of hydrazone groups is 1. The molecule has 3 rings (SSSR count). The van der Waals surface area contributed by atoms with Crippen LogP contribution in [0.1, 0.15) is 30.7 Å². The average Bonchev–Trinajstić information content (AvgIpc) is 2.63. The Morgan fingerprint density at radius 3 is 2.58 bits per heavy atom. The summed E-state index contributed by atoms with van der Waals surface area (Å²) < 4.78 is 5.15. The van der Waals surface area contributed by atoms with Crippen molar-refractivity contribution >= 4 is 17.9 Å². The van der Waals surface area contributed by atoms with Crippen molar-refractivity contribution in [3.8, 4) is 5.75 Å². The number of rotatable bonds is 5. The van der Waals surface area contributed by atoms with Crippen LogP contribution in [0.15, 0.2) is 35.4 Å². The van der Waals surface area contributed by atoms with Crippen LogP contribution in [-0.2, 0) is 0 Å². The van der Waals surface area contributed by atoms with Gasteiger partial charge in [-0.2, -0.15) is 5.10 Å². The van der Waals surface area contributed by atoms with Gasteiger partial charge in [0.05, 0.1) is 13.3 Å². The van der Waals surface area contributed by atoms with Gasteiger partial charge in [-0.3, -0.25) is 5.43 Å². The first kappa shape index (κ1) is 16.2. The zero-order valence-corrected chi connectivity index (χ0v) is 14.2. The Kier molecular flexibility index (Phi) is 5.25. The number of nitrogens with zero attached hydrogens (tertiary/aromatic N) is 4. The highest BCUT2D eigenvalue weighted by atomic mass is 16.5. The van der Waals surface area contributed by atoms with Crippen molar-refractivity contribution in [1.82, 2.24) is 9.97 Å². The topological polar surface area (TPSA) is 62.6 Å². The zero-order chi connectivity index (χ0) is 16.8. The molecule has 1 aliphatic heterocycles. The minimum Gasteiger partial charge on any atom is -0.497 e. The Labute approximate surface area is 142 Å². The molecule has 0 bridgehead atoms. The highest BCUT2D eigenvalue weighted by molar-refractivity contribution is 5.80. The SMILES string of the molecule is COc1ccc(/C=N/Nc2cc(N3CCCCC3)nc(C)n2)cc1. The molecule has 1 aliphatic rings. The van der Waals surface area contributed by atoms with Crippen LogP contribution in [-0.4, -0.2) is 36.4 Å². The maximum absolute atomic E-state index is 5.15. The first-order valence-electron chi connectivity index (χ1n) is 8.28. The van der Waals surface area contributed by atoms with Crippen molar-refractivity contribution in [3.05, 3.63) is 41.7 Å². The molecule has 0 radical (unpaired) electrons. The molecular formula is C18H23N5O. The van der Waals surface area contributed by atoms with Crippen LogP contribution in [0.4, 0.5) is 11.6 Å². The van der Waals surface area contributed by atoms with E-state index >= 15 is 0 Å². The number of benzene rings is 1. The average molecular weight is 325 g/mol. The smallest absolute Gasteiger partial charge is 0.152 e. The molecule has 0 atom stereocenters. The number of ether oxygens (including phenoxy) is 1. The van der Waals surface area contributed by atoms with E-state index in [2.05, 4.69) is 25.4 Å². The van der Waals surface area contributed by atoms with Gasteiger partial charge in [0.2, 0.25) is 0 Å². The monoisotopic (exact) mass is 325 g/mol. The molecule has 24 heavy (non-hydrogen) atoms. The fourth-order valence-corrected chi connectivity index (χ4v) is 2.76. The number of aromatic nitrogens is 2. The molecule has 0 amide bonds. The molecule has 1 fully saturated rings. The van der Waals surface area contributed by atoms with Crippen LogP contribution in [0.25, 0.3) is 0 Å². The third-order valence-electron chi connectivity index (χ3n) is 4.01. The predicted molar refractivity (Wildman–Crippen MR) is 97.0 cm³/mol. The van der Waals surface area contributed by atoms with E-state index in [9.17, 15) is 0 Å². The van der Waals surface area contributed by atoms with Crippen LogP contribution in [0.2, 0.25) is 0 Å². The quantitative estimate of drug-likeness (QED) is 0.675. The van der Waals surface area contributed by atoms with Crippen LogP contribution >= 0.6 is 0 Å². The van der Waals surface area contributed by atoms with Gasteiger partial charge in [0.1, 0.15) is 17.4 Å². The van der Waals surface area contributed by atoms with E-state index in [-0.39, 0.29) is 0 Å². The van der Waals surface area contributed by atoms with Gasteiger partial charge in [0.15, 0.2) is 5.82 Å².